The van der Waals surface area contributed by atoms with Crippen LogP contribution in [-0.2, 0) is 4.79 Å². The first-order chi connectivity index (χ1) is 14.7. The summed E-state index contributed by atoms with van der Waals surface area (Å²) in [4.78, 5) is 17.8. The quantitative estimate of drug-likeness (QED) is 0.825. The molecule has 2 saturated heterocycles. The number of anilines is 1. The molecule has 0 aromatic heterocycles. The molecular weight excluding hydrogens is 377 g/mol. The van der Waals surface area contributed by atoms with Crippen molar-refractivity contribution >= 4 is 11.6 Å². The molecule has 1 amide bonds. The van der Waals surface area contributed by atoms with Gasteiger partial charge in [0.2, 0.25) is 5.91 Å². The lowest BCUT2D eigenvalue weighted by atomic mass is 9.77. The molecule has 2 unspecified atom stereocenters. The van der Waals surface area contributed by atoms with Crippen LogP contribution in [0.15, 0.2) is 54.6 Å². The molecule has 1 aliphatic carbocycles. The van der Waals surface area contributed by atoms with E-state index in [0.29, 0.717) is 18.6 Å². The first-order valence-electron chi connectivity index (χ1n) is 11.3. The third kappa shape index (κ3) is 3.39. The van der Waals surface area contributed by atoms with Gasteiger partial charge in [-0.25, -0.2) is 4.39 Å². The van der Waals surface area contributed by atoms with Crippen molar-refractivity contribution in [3.63, 3.8) is 0 Å². The summed E-state index contributed by atoms with van der Waals surface area (Å²) >= 11 is 0. The molecule has 2 aromatic rings. The number of nitrogens with one attached hydrogen (secondary N) is 1. The lowest BCUT2D eigenvalue weighted by molar-refractivity contribution is -0.125. The van der Waals surface area contributed by atoms with Crippen molar-refractivity contribution in [2.45, 2.75) is 56.0 Å². The van der Waals surface area contributed by atoms with Gasteiger partial charge in [0, 0.05) is 24.8 Å². The van der Waals surface area contributed by atoms with E-state index in [1.165, 1.54) is 24.8 Å². The molecule has 4 nitrogen and oxygen atoms in total. The molecule has 30 heavy (non-hydrogen) atoms. The molecule has 2 aromatic carbocycles. The van der Waals surface area contributed by atoms with E-state index in [4.69, 9.17) is 0 Å². The van der Waals surface area contributed by atoms with Gasteiger partial charge < -0.3 is 10.2 Å². The Morgan fingerprint density at radius 3 is 2.37 bits per heavy atom. The molecule has 0 radical (unpaired) electrons. The summed E-state index contributed by atoms with van der Waals surface area (Å²) in [6, 6.07) is 17.9. The number of hydrogen-bond acceptors (Lipinski definition) is 3. The molecule has 1 N–H and O–H groups in total. The van der Waals surface area contributed by atoms with Gasteiger partial charge in [0.15, 0.2) is 0 Å². The van der Waals surface area contributed by atoms with Crippen LogP contribution < -0.4 is 10.2 Å². The second-order valence-corrected chi connectivity index (χ2v) is 9.00. The van der Waals surface area contributed by atoms with Crippen LogP contribution in [0.4, 0.5) is 10.1 Å². The number of piperidine rings is 1. The van der Waals surface area contributed by atoms with Crippen molar-refractivity contribution in [3.8, 4) is 0 Å². The van der Waals surface area contributed by atoms with E-state index < -0.39 is 5.54 Å². The van der Waals surface area contributed by atoms with E-state index in [1.807, 2.05) is 30.3 Å². The number of benzene rings is 2. The smallest absolute Gasteiger partial charge is 0.247 e. The molecule has 158 valence electrons. The first-order valence-corrected chi connectivity index (χ1v) is 11.3. The Labute approximate surface area is 178 Å². The van der Waals surface area contributed by atoms with Gasteiger partial charge in [-0.3, -0.25) is 9.69 Å². The zero-order valence-electron chi connectivity index (χ0n) is 17.4. The van der Waals surface area contributed by atoms with Crippen LogP contribution in [0.2, 0.25) is 0 Å². The van der Waals surface area contributed by atoms with Crippen molar-refractivity contribution in [2.24, 2.45) is 0 Å². The summed E-state index contributed by atoms with van der Waals surface area (Å²) in [5.74, 6) is 0.458. The van der Waals surface area contributed by atoms with Gasteiger partial charge in [0.1, 0.15) is 11.4 Å². The van der Waals surface area contributed by atoms with Gasteiger partial charge in [-0.2, -0.15) is 0 Å². The Morgan fingerprint density at radius 1 is 0.933 bits per heavy atom. The number of likely N-dealkylation sites (tertiary alicyclic amines) is 1. The highest BCUT2D eigenvalue weighted by Gasteiger charge is 2.51. The van der Waals surface area contributed by atoms with Crippen LogP contribution in [0.25, 0.3) is 0 Å². The molecule has 3 fully saturated rings. The first kappa shape index (κ1) is 19.6. The standard InChI is InChI=1S/C25H30FN3O/c26-20-12-10-19(11-13-20)22-8-4-5-9-23(22)28-16-14-25(15-17-28)24(30)27-18-29(25)21-6-2-1-3-7-21/h1-3,6-7,10-13,22-23H,4-5,8-9,14-18H2,(H,27,30). The van der Waals surface area contributed by atoms with E-state index in [-0.39, 0.29) is 11.7 Å². The van der Waals surface area contributed by atoms with Crippen LogP contribution in [0.1, 0.15) is 50.0 Å². The lowest BCUT2D eigenvalue weighted by Gasteiger charge is -2.48. The van der Waals surface area contributed by atoms with Crippen molar-refractivity contribution < 1.29 is 9.18 Å². The third-order valence-corrected chi connectivity index (χ3v) is 7.53. The molecule has 5 rings (SSSR count). The van der Waals surface area contributed by atoms with Crippen LogP contribution in [0.5, 0.6) is 0 Å². The van der Waals surface area contributed by atoms with E-state index in [0.717, 1.165) is 38.0 Å². The Hall–Kier alpha value is -2.40. The predicted molar refractivity (Wildman–Crippen MR) is 117 cm³/mol. The molecule has 2 atom stereocenters. The summed E-state index contributed by atoms with van der Waals surface area (Å²) in [6.45, 7) is 2.45. The molecule has 1 spiro atoms. The third-order valence-electron chi connectivity index (χ3n) is 7.53. The van der Waals surface area contributed by atoms with Gasteiger partial charge in [-0.15, -0.1) is 0 Å². The number of hydrogen-bond donors (Lipinski definition) is 1. The Kier molecular flexibility index (Phi) is 5.23. The number of para-hydroxylation sites is 1. The fraction of sp³-hybridized carbons (Fsp3) is 0.480. The number of carbonyl (C=O) groups is 1. The van der Waals surface area contributed by atoms with Gasteiger partial charge in [0.25, 0.3) is 0 Å². The number of carbonyl (C=O) groups excluding carboxylic acids is 1. The van der Waals surface area contributed by atoms with Crippen LogP contribution in [0, 0.1) is 5.82 Å². The summed E-state index contributed by atoms with van der Waals surface area (Å²) in [6.07, 6.45) is 6.53. The maximum absolute atomic E-state index is 13.4. The van der Waals surface area contributed by atoms with E-state index in [2.05, 4.69) is 27.2 Å². The number of amides is 1. The Balaban J connectivity index is 1.34. The maximum Gasteiger partial charge on any atom is 0.247 e. The van der Waals surface area contributed by atoms with Crippen LogP contribution in [-0.4, -0.2) is 42.1 Å². The van der Waals surface area contributed by atoms with E-state index >= 15 is 0 Å². The lowest BCUT2D eigenvalue weighted by Crippen LogP contribution is -2.58. The summed E-state index contributed by atoms with van der Waals surface area (Å²) in [5, 5.41) is 3.10. The zero-order valence-corrected chi connectivity index (χ0v) is 17.4. The molecule has 2 heterocycles. The minimum absolute atomic E-state index is 0.167. The van der Waals surface area contributed by atoms with Crippen molar-refractivity contribution in [1.29, 1.82) is 0 Å². The summed E-state index contributed by atoms with van der Waals surface area (Å²) in [5.41, 5.74) is 1.94. The molecule has 3 aliphatic rings. The molecule has 2 aliphatic heterocycles. The number of rotatable bonds is 3. The SMILES string of the molecule is O=C1NCN(c2ccccc2)C12CCN(C1CCCCC1c1ccc(F)cc1)CC2. The second-order valence-electron chi connectivity index (χ2n) is 9.00. The monoisotopic (exact) mass is 407 g/mol. The molecule has 5 heteroatoms. The fourth-order valence-corrected chi connectivity index (χ4v) is 5.91. The van der Waals surface area contributed by atoms with Gasteiger partial charge >= 0.3 is 0 Å². The summed E-state index contributed by atoms with van der Waals surface area (Å²) < 4.78 is 13.4. The number of halogens is 1. The van der Waals surface area contributed by atoms with Gasteiger partial charge in [0.05, 0.1) is 6.67 Å². The van der Waals surface area contributed by atoms with Crippen molar-refractivity contribution in [1.82, 2.24) is 10.2 Å². The molecular formula is C25H30FN3O. The maximum atomic E-state index is 13.4. The average Bonchev–Trinajstić information content (AvgIpc) is 3.11. The normalized spacial score (nSPS) is 26.7. The Bertz CT molecular complexity index is 877. The topological polar surface area (TPSA) is 35.6 Å². The van der Waals surface area contributed by atoms with Crippen LogP contribution >= 0.6 is 0 Å². The largest absolute Gasteiger partial charge is 0.339 e. The fourth-order valence-electron chi connectivity index (χ4n) is 5.91. The Morgan fingerprint density at radius 2 is 1.63 bits per heavy atom. The second kappa shape index (κ2) is 8.03. The van der Waals surface area contributed by atoms with Crippen molar-refractivity contribution in [3.05, 3.63) is 66.0 Å². The highest BCUT2D eigenvalue weighted by atomic mass is 19.1. The number of nitrogens with zero attached hydrogens (tertiary/aromatic N) is 2. The van der Waals surface area contributed by atoms with Crippen LogP contribution in [0.3, 0.4) is 0 Å². The van der Waals surface area contributed by atoms with E-state index in [1.54, 1.807) is 12.1 Å². The average molecular weight is 408 g/mol. The molecule has 1 saturated carbocycles. The minimum Gasteiger partial charge on any atom is -0.339 e. The van der Waals surface area contributed by atoms with Gasteiger partial charge in [-0.1, -0.05) is 43.2 Å². The van der Waals surface area contributed by atoms with Gasteiger partial charge in [-0.05, 0) is 61.4 Å². The predicted octanol–water partition coefficient (Wildman–Crippen LogP) is 4.28. The summed E-state index contributed by atoms with van der Waals surface area (Å²) in [7, 11) is 0. The highest BCUT2D eigenvalue weighted by molar-refractivity contribution is 5.93. The highest BCUT2D eigenvalue weighted by Crippen LogP contribution is 2.41. The molecule has 0 bridgehead atoms. The van der Waals surface area contributed by atoms with Crippen molar-refractivity contribution in [2.75, 3.05) is 24.7 Å². The zero-order chi connectivity index (χ0) is 20.6. The minimum atomic E-state index is -0.433. The van der Waals surface area contributed by atoms with E-state index in [9.17, 15) is 9.18 Å².